The van der Waals surface area contributed by atoms with Crippen molar-refractivity contribution < 1.29 is 22.4 Å². The van der Waals surface area contributed by atoms with Crippen LogP contribution in [0.25, 0.3) is 11.4 Å². The Hall–Kier alpha value is -1.93. The number of aromatic nitrogens is 2. The molecule has 0 spiro atoms. The van der Waals surface area contributed by atoms with Gasteiger partial charge in [-0.25, -0.2) is 0 Å². The van der Waals surface area contributed by atoms with Crippen LogP contribution in [-0.4, -0.2) is 48.0 Å². The monoisotopic (exact) mass is 329 g/mol. The number of nitrogens with zero attached hydrogens (tertiary/aromatic N) is 3. The molecule has 1 aromatic heterocycles. The summed E-state index contributed by atoms with van der Waals surface area (Å²) in [7, 11) is 1.44. The Labute approximate surface area is 132 Å². The number of aryl methyl sites for hydroxylation is 1. The van der Waals surface area contributed by atoms with Crippen LogP contribution in [0.15, 0.2) is 28.8 Å². The van der Waals surface area contributed by atoms with Gasteiger partial charge in [0.15, 0.2) is 0 Å². The number of hydrogen-bond donors (Lipinski definition) is 0. The smallest absolute Gasteiger partial charge is 0.383 e. The van der Waals surface area contributed by atoms with Crippen LogP contribution in [-0.2, 0) is 11.3 Å². The molecule has 0 amide bonds. The molecule has 0 aliphatic carbocycles. The van der Waals surface area contributed by atoms with Gasteiger partial charge in [0.05, 0.1) is 19.7 Å². The summed E-state index contributed by atoms with van der Waals surface area (Å²) in [5, 5.41) is 3.83. The molecule has 8 heteroatoms. The zero-order chi connectivity index (χ0) is 16.9. The fourth-order valence-corrected chi connectivity index (χ4v) is 2.10. The summed E-state index contributed by atoms with van der Waals surface area (Å²) < 4.78 is 47.7. The molecule has 0 aliphatic rings. The molecule has 5 nitrogen and oxygen atoms in total. The Morgan fingerprint density at radius 2 is 2.09 bits per heavy atom. The quantitative estimate of drug-likeness (QED) is 0.781. The fourth-order valence-electron chi connectivity index (χ4n) is 2.10. The lowest BCUT2D eigenvalue weighted by atomic mass is 10.1. The normalized spacial score (nSPS) is 12.1. The van der Waals surface area contributed by atoms with Crippen LogP contribution >= 0.6 is 0 Å². The van der Waals surface area contributed by atoms with Crippen molar-refractivity contribution in [3.8, 4) is 11.4 Å². The molecule has 2 rings (SSSR count). The third-order valence-corrected chi connectivity index (χ3v) is 3.12. The molecule has 0 bridgehead atoms. The van der Waals surface area contributed by atoms with Crippen molar-refractivity contribution in [2.75, 3.05) is 26.8 Å². The van der Waals surface area contributed by atoms with Crippen LogP contribution < -0.4 is 0 Å². The first-order valence-electron chi connectivity index (χ1n) is 7.05. The van der Waals surface area contributed by atoms with Gasteiger partial charge in [-0.3, -0.25) is 4.90 Å². The maximum absolute atomic E-state index is 12.6. The van der Waals surface area contributed by atoms with E-state index in [1.807, 2.05) is 31.2 Å². The summed E-state index contributed by atoms with van der Waals surface area (Å²) in [5.74, 6) is 0.504. The van der Waals surface area contributed by atoms with Gasteiger partial charge in [0.2, 0.25) is 11.7 Å². The average molecular weight is 329 g/mol. The minimum Gasteiger partial charge on any atom is -0.383 e. The van der Waals surface area contributed by atoms with Crippen LogP contribution in [0.2, 0.25) is 0 Å². The summed E-state index contributed by atoms with van der Waals surface area (Å²) in [4.78, 5) is 5.34. The highest BCUT2D eigenvalue weighted by Crippen LogP contribution is 2.20. The maximum atomic E-state index is 12.6. The van der Waals surface area contributed by atoms with E-state index in [-0.39, 0.29) is 25.6 Å². The van der Waals surface area contributed by atoms with Gasteiger partial charge in [-0.15, -0.1) is 0 Å². The first-order valence-corrected chi connectivity index (χ1v) is 7.05. The molecule has 0 fully saturated rings. The van der Waals surface area contributed by atoms with E-state index in [2.05, 4.69) is 10.1 Å². The molecule has 0 saturated carbocycles. The molecule has 23 heavy (non-hydrogen) atoms. The van der Waals surface area contributed by atoms with Gasteiger partial charge in [-0.05, 0) is 13.0 Å². The first-order chi connectivity index (χ1) is 10.9. The van der Waals surface area contributed by atoms with E-state index in [1.165, 1.54) is 7.11 Å². The van der Waals surface area contributed by atoms with Gasteiger partial charge in [-0.2, -0.15) is 18.2 Å². The van der Waals surface area contributed by atoms with Gasteiger partial charge >= 0.3 is 6.18 Å². The van der Waals surface area contributed by atoms with Crippen molar-refractivity contribution in [3.63, 3.8) is 0 Å². The average Bonchev–Trinajstić information content (AvgIpc) is 2.92. The van der Waals surface area contributed by atoms with Gasteiger partial charge in [0.25, 0.3) is 0 Å². The zero-order valence-corrected chi connectivity index (χ0v) is 12.9. The number of ether oxygens (including phenoxy) is 1. The summed E-state index contributed by atoms with van der Waals surface area (Å²) in [5.41, 5.74) is 1.80. The second-order valence-corrected chi connectivity index (χ2v) is 5.20. The van der Waals surface area contributed by atoms with E-state index < -0.39 is 12.7 Å². The molecule has 1 heterocycles. The SMILES string of the molecule is COCCN(Cc1nc(-c2cccc(C)c2)no1)CC(F)(F)F. The van der Waals surface area contributed by atoms with Crippen LogP contribution in [0, 0.1) is 6.92 Å². The Morgan fingerprint density at radius 1 is 1.30 bits per heavy atom. The van der Waals surface area contributed by atoms with E-state index in [4.69, 9.17) is 9.26 Å². The lowest BCUT2D eigenvalue weighted by molar-refractivity contribution is -0.148. The largest absolute Gasteiger partial charge is 0.401 e. The van der Waals surface area contributed by atoms with E-state index >= 15 is 0 Å². The molecule has 0 unspecified atom stereocenters. The molecular weight excluding hydrogens is 311 g/mol. The first kappa shape index (κ1) is 17.4. The van der Waals surface area contributed by atoms with Crippen molar-refractivity contribution in [2.45, 2.75) is 19.6 Å². The third-order valence-electron chi connectivity index (χ3n) is 3.12. The molecular formula is C15H18F3N3O2. The van der Waals surface area contributed by atoms with Crippen LogP contribution in [0.3, 0.4) is 0 Å². The standard InChI is InChI=1S/C15H18F3N3O2/c1-11-4-3-5-12(8-11)14-19-13(23-20-14)9-21(6-7-22-2)10-15(16,17)18/h3-5,8H,6-7,9-10H2,1-2H3. The van der Waals surface area contributed by atoms with E-state index in [0.717, 1.165) is 16.0 Å². The number of alkyl halides is 3. The molecule has 0 saturated heterocycles. The van der Waals surface area contributed by atoms with Crippen LogP contribution in [0.1, 0.15) is 11.5 Å². The number of rotatable bonds is 7. The van der Waals surface area contributed by atoms with Crippen molar-refractivity contribution in [3.05, 3.63) is 35.7 Å². The Bertz CT molecular complexity index is 628. The Balaban J connectivity index is 2.08. The highest BCUT2D eigenvalue weighted by molar-refractivity contribution is 5.55. The molecule has 2 aromatic rings. The zero-order valence-electron chi connectivity index (χ0n) is 12.9. The van der Waals surface area contributed by atoms with Crippen molar-refractivity contribution in [2.24, 2.45) is 0 Å². The number of benzene rings is 1. The van der Waals surface area contributed by atoms with Crippen LogP contribution in [0.5, 0.6) is 0 Å². The maximum Gasteiger partial charge on any atom is 0.401 e. The molecule has 0 aliphatic heterocycles. The second-order valence-electron chi connectivity index (χ2n) is 5.20. The Morgan fingerprint density at radius 3 is 2.74 bits per heavy atom. The predicted octanol–water partition coefficient (Wildman–Crippen LogP) is 3.06. The molecule has 126 valence electrons. The van der Waals surface area contributed by atoms with Crippen molar-refractivity contribution in [1.29, 1.82) is 0 Å². The lowest BCUT2D eigenvalue weighted by Crippen LogP contribution is -2.36. The van der Waals surface area contributed by atoms with Gasteiger partial charge in [0, 0.05) is 19.2 Å². The van der Waals surface area contributed by atoms with E-state index in [1.54, 1.807) is 0 Å². The van der Waals surface area contributed by atoms with Crippen molar-refractivity contribution >= 4 is 0 Å². The Kier molecular flexibility index (Phi) is 5.73. The number of methoxy groups -OCH3 is 1. The summed E-state index contributed by atoms with van der Waals surface area (Å²) in [6.45, 7) is 1.10. The third kappa shape index (κ3) is 5.65. The highest BCUT2D eigenvalue weighted by Gasteiger charge is 2.31. The lowest BCUT2D eigenvalue weighted by Gasteiger charge is -2.21. The second kappa shape index (κ2) is 7.56. The summed E-state index contributed by atoms with van der Waals surface area (Å²) >= 11 is 0. The van der Waals surface area contributed by atoms with Gasteiger partial charge < -0.3 is 9.26 Å². The minimum absolute atomic E-state index is 0.0817. The molecule has 0 radical (unpaired) electrons. The van der Waals surface area contributed by atoms with E-state index in [0.29, 0.717) is 5.82 Å². The summed E-state index contributed by atoms with van der Waals surface area (Å²) in [6.07, 6.45) is -4.30. The number of hydrogen-bond acceptors (Lipinski definition) is 5. The molecule has 0 N–H and O–H groups in total. The number of halogens is 3. The van der Waals surface area contributed by atoms with E-state index in [9.17, 15) is 13.2 Å². The molecule has 0 atom stereocenters. The summed E-state index contributed by atoms with van der Waals surface area (Å²) in [6, 6.07) is 7.49. The van der Waals surface area contributed by atoms with Crippen molar-refractivity contribution in [1.82, 2.24) is 15.0 Å². The van der Waals surface area contributed by atoms with Gasteiger partial charge in [0.1, 0.15) is 0 Å². The minimum atomic E-state index is -4.30. The highest BCUT2D eigenvalue weighted by atomic mass is 19.4. The topological polar surface area (TPSA) is 51.4 Å². The fraction of sp³-hybridized carbons (Fsp3) is 0.467. The van der Waals surface area contributed by atoms with Crippen LogP contribution in [0.4, 0.5) is 13.2 Å². The predicted molar refractivity (Wildman–Crippen MR) is 77.7 cm³/mol. The molecule has 1 aromatic carbocycles. The van der Waals surface area contributed by atoms with Gasteiger partial charge in [-0.1, -0.05) is 28.9 Å².